The third-order valence-electron chi connectivity index (χ3n) is 5.22. The van der Waals surface area contributed by atoms with Gasteiger partial charge in [0.15, 0.2) is 4.90 Å². The molecule has 2 fully saturated rings. The molecule has 1 aliphatic carbocycles. The van der Waals surface area contributed by atoms with E-state index in [9.17, 15) is 22.0 Å². The molecule has 0 bridgehead atoms. The minimum absolute atomic E-state index is 0.0248. The second-order valence-electron chi connectivity index (χ2n) is 7.51. The molecule has 9 heteroatoms. The van der Waals surface area contributed by atoms with Gasteiger partial charge in [0.05, 0.1) is 6.54 Å². The van der Waals surface area contributed by atoms with E-state index in [0.717, 1.165) is 42.0 Å². The van der Waals surface area contributed by atoms with Crippen LogP contribution in [-0.2, 0) is 14.8 Å². The van der Waals surface area contributed by atoms with Gasteiger partial charge in [-0.1, -0.05) is 13.0 Å². The van der Waals surface area contributed by atoms with Crippen LogP contribution in [0.1, 0.15) is 26.2 Å². The lowest BCUT2D eigenvalue weighted by molar-refractivity contribution is -0.133. The van der Waals surface area contributed by atoms with Crippen LogP contribution < -0.4 is 0 Å². The van der Waals surface area contributed by atoms with Crippen molar-refractivity contribution in [3.63, 3.8) is 0 Å². The molecular weight excluding hydrogens is 388 g/mol. The van der Waals surface area contributed by atoms with E-state index in [1.165, 1.54) is 12.8 Å². The van der Waals surface area contributed by atoms with Gasteiger partial charge in [0.2, 0.25) is 15.9 Å². The molecule has 1 heterocycles. The molecule has 6 nitrogen and oxygen atoms in total. The fourth-order valence-corrected chi connectivity index (χ4v) is 5.08. The maximum atomic E-state index is 13.9. The van der Waals surface area contributed by atoms with E-state index >= 15 is 0 Å². The molecule has 1 saturated heterocycles. The lowest BCUT2D eigenvalue weighted by Crippen LogP contribution is -2.52. The van der Waals surface area contributed by atoms with Crippen molar-refractivity contribution in [2.45, 2.75) is 31.1 Å². The highest BCUT2D eigenvalue weighted by Gasteiger charge is 2.34. The molecule has 0 spiro atoms. The number of hydrogen-bond acceptors (Lipinski definition) is 4. The molecule has 28 heavy (non-hydrogen) atoms. The van der Waals surface area contributed by atoms with Crippen LogP contribution >= 0.6 is 0 Å². The van der Waals surface area contributed by atoms with Crippen LogP contribution in [0.4, 0.5) is 8.78 Å². The van der Waals surface area contributed by atoms with Gasteiger partial charge in [-0.15, -0.1) is 0 Å². The average molecular weight is 416 g/mol. The molecule has 3 rings (SSSR count). The highest BCUT2D eigenvalue weighted by molar-refractivity contribution is 7.89. The topological polar surface area (TPSA) is 60.9 Å². The zero-order valence-corrected chi connectivity index (χ0v) is 16.9. The average Bonchev–Trinajstić information content (AvgIpc) is 3.45. The van der Waals surface area contributed by atoms with E-state index in [1.54, 1.807) is 4.90 Å². The van der Waals surface area contributed by atoms with Crippen molar-refractivity contribution in [1.82, 2.24) is 14.1 Å². The number of halogens is 2. The van der Waals surface area contributed by atoms with Gasteiger partial charge in [-0.05, 0) is 43.9 Å². The summed E-state index contributed by atoms with van der Waals surface area (Å²) in [5.74, 6) is -1.54. The summed E-state index contributed by atoms with van der Waals surface area (Å²) in [4.78, 5) is 15.5. The molecular formula is C19H27F2N3O3S. The SMILES string of the molecule is CCCN(CC(=O)N1CCN(S(=O)(=O)c2c(F)cccc2F)CC1)CC1CC1. The van der Waals surface area contributed by atoms with Crippen molar-refractivity contribution < 1.29 is 22.0 Å². The van der Waals surface area contributed by atoms with E-state index in [1.807, 2.05) is 0 Å². The zero-order chi connectivity index (χ0) is 20.3. The van der Waals surface area contributed by atoms with Crippen LogP contribution in [0, 0.1) is 17.6 Å². The van der Waals surface area contributed by atoms with Crippen molar-refractivity contribution >= 4 is 15.9 Å². The first-order valence-corrected chi connectivity index (χ1v) is 11.2. The highest BCUT2D eigenvalue weighted by atomic mass is 32.2. The molecule has 1 saturated carbocycles. The predicted octanol–water partition coefficient (Wildman–Crippen LogP) is 1.92. The molecule has 1 aromatic rings. The van der Waals surface area contributed by atoms with Gasteiger partial charge in [0, 0.05) is 32.7 Å². The maximum Gasteiger partial charge on any atom is 0.249 e. The molecule has 1 aliphatic heterocycles. The summed E-state index contributed by atoms with van der Waals surface area (Å²) in [5, 5.41) is 0. The zero-order valence-electron chi connectivity index (χ0n) is 16.1. The number of sulfonamides is 1. The number of carbonyl (C=O) groups is 1. The molecule has 0 atom stereocenters. The lowest BCUT2D eigenvalue weighted by atomic mass is 10.3. The lowest BCUT2D eigenvalue weighted by Gasteiger charge is -2.35. The molecule has 0 N–H and O–H groups in total. The Morgan fingerprint density at radius 3 is 2.29 bits per heavy atom. The van der Waals surface area contributed by atoms with Gasteiger partial charge in [-0.25, -0.2) is 17.2 Å². The van der Waals surface area contributed by atoms with Gasteiger partial charge < -0.3 is 4.90 Å². The van der Waals surface area contributed by atoms with Gasteiger partial charge in [-0.2, -0.15) is 4.31 Å². The first kappa shape index (κ1) is 21.1. The van der Waals surface area contributed by atoms with Gasteiger partial charge in [0.1, 0.15) is 11.6 Å². The monoisotopic (exact) mass is 415 g/mol. The first-order chi connectivity index (χ1) is 13.3. The summed E-state index contributed by atoms with van der Waals surface area (Å²) >= 11 is 0. The van der Waals surface area contributed by atoms with E-state index in [-0.39, 0.29) is 32.1 Å². The number of benzene rings is 1. The molecule has 2 aliphatic rings. The van der Waals surface area contributed by atoms with E-state index in [2.05, 4.69) is 11.8 Å². The Kier molecular flexibility index (Phi) is 6.67. The summed E-state index contributed by atoms with van der Waals surface area (Å²) < 4.78 is 54.1. The van der Waals surface area contributed by atoms with Crippen LogP contribution in [0.25, 0.3) is 0 Å². The Balaban J connectivity index is 1.59. The number of hydrogen-bond donors (Lipinski definition) is 0. The number of piperazine rings is 1. The fourth-order valence-electron chi connectivity index (χ4n) is 3.54. The van der Waals surface area contributed by atoms with Gasteiger partial charge in [0.25, 0.3) is 0 Å². The molecule has 1 amide bonds. The van der Waals surface area contributed by atoms with Crippen LogP contribution in [0.3, 0.4) is 0 Å². The van der Waals surface area contributed by atoms with E-state index < -0.39 is 26.6 Å². The molecule has 1 aromatic carbocycles. The van der Waals surface area contributed by atoms with E-state index in [0.29, 0.717) is 12.5 Å². The van der Waals surface area contributed by atoms with Crippen LogP contribution in [-0.4, -0.2) is 74.2 Å². The largest absolute Gasteiger partial charge is 0.339 e. The summed E-state index contributed by atoms with van der Waals surface area (Å²) in [5.41, 5.74) is 0. The van der Waals surface area contributed by atoms with Crippen molar-refractivity contribution in [2.75, 3.05) is 45.8 Å². The second-order valence-corrected chi connectivity index (χ2v) is 9.39. The predicted molar refractivity (Wildman–Crippen MR) is 101 cm³/mol. The Bertz CT molecular complexity index is 786. The van der Waals surface area contributed by atoms with Gasteiger partial charge >= 0.3 is 0 Å². The van der Waals surface area contributed by atoms with E-state index in [4.69, 9.17) is 0 Å². The fraction of sp³-hybridized carbons (Fsp3) is 0.632. The van der Waals surface area contributed by atoms with Crippen molar-refractivity contribution in [3.05, 3.63) is 29.8 Å². The van der Waals surface area contributed by atoms with Gasteiger partial charge in [-0.3, -0.25) is 9.69 Å². The minimum Gasteiger partial charge on any atom is -0.339 e. The molecule has 0 aromatic heterocycles. The van der Waals surface area contributed by atoms with Crippen molar-refractivity contribution in [3.8, 4) is 0 Å². The highest BCUT2D eigenvalue weighted by Crippen LogP contribution is 2.29. The summed E-state index contributed by atoms with van der Waals surface area (Å²) in [6.45, 7) is 4.70. The van der Waals surface area contributed by atoms with Crippen LogP contribution in [0.2, 0.25) is 0 Å². The summed E-state index contributed by atoms with van der Waals surface area (Å²) in [6.07, 6.45) is 3.41. The normalized spacial score (nSPS) is 18.6. The Morgan fingerprint density at radius 1 is 1.14 bits per heavy atom. The summed E-state index contributed by atoms with van der Waals surface area (Å²) in [7, 11) is -4.28. The smallest absolute Gasteiger partial charge is 0.249 e. The van der Waals surface area contributed by atoms with Crippen molar-refractivity contribution in [1.29, 1.82) is 0 Å². The Morgan fingerprint density at radius 2 is 1.75 bits per heavy atom. The number of carbonyl (C=O) groups excluding carboxylic acids is 1. The third kappa shape index (κ3) is 4.87. The first-order valence-electron chi connectivity index (χ1n) is 9.77. The number of rotatable bonds is 8. The summed E-state index contributed by atoms with van der Waals surface area (Å²) in [6, 6.07) is 2.99. The van der Waals surface area contributed by atoms with Crippen LogP contribution in [0.5, 0.6) is 0 Å². The molecule has 0 unspecified atom stereocenters. The van der Waals surface area contributed by atoms with Crippen molar-refractivity contribution in [2.24, 2.45) is 5.92 Å². The molecule has 156 valence electrons. The third-order valence-corrected chi connectivity index (χ3v) is 7.17. The number of nitrogens with zero attached hydrogens (tertiary/aromatic N) is 3. The second kappa shape index (κ2) is 8.84. The Hall–Kier alpha value is -1.58. The molecule has 0 radical (unpaired) electrons. The minimum atomic E-state index is -4.28. The maximum absolute atomic E-state index is 13.9. The number of amides is 1. The quantitative estimate of drug-likeness (QED) is 0.651. The Labute approximate surface area is 165 Å². The van der Waals surface area contributed by atoms with Crippen LogP contribution in [0.15, 0.2) is 23.1 Å². The standard InChI is InChI=1S/C19H27F2N3O3S/c1-2-8-22(13-15-6-7-15)14-18(25)23-9-11-24(12-10-23)28(26,27)19-16(20)4-3-5-17(19)21/h3-5,15H,2,6-14H2,1H3.